The second-order valence-corrected chi connectivity index (χ2v) is 4.48. The highest BCUT2D eigenvalue weighted by Gasteiger charge is 2.07. The van der Waals surface area contributed by atoms with E-state index in [-0.39, 0.29) is 0 Å². The van der Waals surface area contributed by atoms with Crippen LogP contribution >= 0.6 is 15.9 Å². The summed E-state index contributed by atoms with van der Waals surface area (Å²) in [5.41, 5.74) is 0. The summed E-state index contributed by atoms with van der Waals surface area (Å²) in [4.78, 5) is 10.8. The fourth-order valence-electron chi connectivity index (χ4n) is 1.45. The van der Waals surface area contributed by atoms with Gasteiger partial charge in [0.15, 0.2) is 5.82 Å². The zero-order valence-corrected chi connectivity index (χ0v) is 12.1. The van der Waals surface area contributed by atoms with Gasteiger partial charge in [0.05, 0.1) is 19.0 Å². The molecular weight excluding hydrogens is 282 g/mol. The van der Waals surface area contributed by atoms with Gasteiger partial charge in [-0.25, -0.2) is 0 Å². The maximum Gasteiger partial charge on any atom is 0.234 e. The van der Waals surface area contributed by atoms with Gasteiger partial charge < -0.3 is 9.64 Å². The van der Waals surface area contributed by atoms with E-state index in [2.05, 4.69) is 44.6 Å². The van der Waals surface area contributed by atoms with Crippen molar-refractivity contribution in [1.29, 1.82) is 0 Å². The number of hydrogen-bond donors (Lipinski definition) is 0. The van der Waals surface area contributed by atoms with Crippen LogP contribution in [0.15, 0.2) is 12.4 Å². The lowest BCUT2D eigenvalue weighted by Gasteiger charge is -2.21. The van der Waals surface area contributed by atoms with Gasteiger partial charge in [0.25, 0.3) is 0 Å². The number of alkyl halides is 1. The maximum atomic E-state index is 5.49. The molecule has 4 nitrogen and oxygen atoms in total. The molecule has 0 saturated heterocycles. The quantitative estimate of drug-likeness (QED) is 0.692. The maximum absolute atomic E-state index is 5.49. The first-order valence-corrected chi connectivity index (χ1v) is 7.19. The Labute approximate surface area is 112 Å². The van der Waals surface area contributed by atoms with E-state index in [1.54, 1.807) is 12.4 Å². The zero-order chi connectivity index (χ0) is 12.5. The van der Waals surface area contributed by atoms with Gasteiger partial charge in [-0.15, -0.1) is 0 Å². The van der Waals surface area contributed by atoms with Crippen LogP contribution in [0.4, 0.5) is 5.82 Å². The van der Waals surface area contributed by atoms with Crippen molar-refractivity contribution < 1.29 is 4.74 Å². The number of hydrogen-bond acceptors (Lipinski definition) is 4. The minimum atomic E-state index is 0.613. The summed E-state index contributed by atoms with van der Waals surface area (Å²) in [7, 11) is 0. The van der Waals surface area contributed by atoms with Crippen LogP contribution in [0, 0.1) is 0 Å². The Balaban J connectivity index is 2.66. The number of nitrogens with zero attached hydrogens (tertiary/aromatic N) is 3. The number of aromatic nitrogens is 2. The third-order valence-corrected chi connectivity index (χ3v) is 2.88. The lowest BCUT2D eigenvalue weighted by molar-refractivity contribution is 0.304. The summed E-state index contributed by atoms with van der Waals surface area (Å²) in [6.07, 6.45) is 5.52. The summed E-state index contributed by atoms with van der Waals surface area (Å²) in [6, 6.07) is 0. The summed E-state index contributed by atoms with van der Waals surface area (Å²) in [5.74, 6) is 1.50. The van der Waals surface area contributed by atoms with Gasteiger partial charge in [0.2, 0.25) is 5.88 Å². The Kier molecular flexibility index (Phi) is 6.93. The molecule has 0 atom stereocenters. The average Bonchev–Trinajstić information content (AvgIpc) is 2.38. The highest BCUT2D eigenvalue weighted by molar-refractivity contribution is 9.09. The minimum absolute atomic E-state index is 0.613. The summed E-state index contributed by atoms with van der Waals surface area (Å²) in [6.45, 7) is 6.79. The van der Waals surface area contributed by atoms with E-state index in [0.717, 1.165) is 37.1 Å². The van der Waals surface area contributed by atoms with Crippen LogP contribution in [0.3, 0.4) is 0 Å². The predicted octanol–water partition coefficient (Wildman–Crippen LogP) is 2.88. The highest BCUT2D eigenvalue weighted by atomic mass is 79.9. The monoisotopic (exact) mass is 301 g/mol. The van der Waals surface area contributed by atoms with Gasteiger partial charge in [-0.05, 0) is 19.8 Å². The fraction of sp³-hybridized carbons (Fsp3) is 0.667. The molecule has 0 spiro atoms. The Morgan fingerprint density at radius 3 is 2.82 bits per heavy atom. The van der Waals surface area contributed by atoms with Crippen LogP contribution in [0.25, 0.3) is 0 Å². The SMILES string of the molecule is CCCOc1cncc(N(CC)CCCBr)n1. The lowest BCUT2D eigenvalue weighted by atomic mass is 10.4. The van der Waals surface area contributed by atoms with E-state index >= 15 is 0 Å². The standard InChI is InChI=1S/C12H20BrN3O/c1-3-8-17-12-10-14-9-11(15-12)16(4-2)7-5-6-13/h9-10H,3-8H2,1-2H3. The minimum Gasteiger partial charge on any atom is -0.477 e. The van der Waals surface area contributed by atoms with Gasteiger partial charge in [-0.1, -0.05) is 22.9 Å². The van der Waals surface area contributed by atoms with E-state index in [0.29, 0.717) is 12.5 Å². The molecule has 0 amide bonds. The van der Waals surface area contributed by atoms with Crippen molar-refractivity contribution in [3.63, 3.8) is 0 Å². The topological polar surface area (TPSA) is 38.2 Å². The van der Waals surface area contributed by atoms with Crippen LogP contribution in [0.2, 0.25) is 0 Å². The number of halogens is 1. The van der Waals surface area contributed by atoms with Crippen LogP contribution in [-0.2, 0) is 0 Å². The molecule has 0 radical (unpaired) electrons. The van der Waals surface area contributed by atoms with Crippen molar-refractivity contribution in [3.8, 4) is 5.88 Å². The molecule has 1 rings (SSSR count). The molecule has 0 aliphatic heterocycles. The lowest BCUT2D eigenvalue weighted by Crippen LogP contribution is -2.25. The first-order valence-electron chi connectivity index (χ1n) is 6.07. The normalized spacial score (nSPS) is 10.3. The van der Waals surface area contributed by atoms with Crippen molar-refractivity contribution >= 4 is 21.7 Å². The van der Waals surface area contributed by atoms with Crippen molar-refractivity contribution in [2.24, 2.45) is 0 Å². The van der Waals surface area contributed by atoms with Gasteiger partial charge >= 0.3 is 0 Å². The van der Waals surface area contributed by atoms with Crippen molar-refractivity contribution in [2.45, 2.75) is 26.7 Å². The van der Waals surface area contributed by atoms with Gasteiger partial charge in [-0.3, -0.25) is 4.98 Å². The zero-order valence-electron chi connectivity index (χ0n) is 10.5. The molecular formula is C12H20BrN3O. The highest BCUT2D eigenvalue weighted by Crippen LogP contribution is 2.14. The molecule has 0 saturated carbocycles. The van der Waals surface area contributed by atoms with Crippen molar-refractivity contribution in [1.82, 2.24) is 9.97 Å². The molecule has 0 N–H and O–H groups in total. The predicted molar refractivity (Wildman–Crippen MR) is 74.1 cm³/mol. The molecule has 0 fully saturated rings. The second kappa shape index (κ2) is 8.28. The summed E-state index contributed by atoms with van der Waals surface area (Å²) >= 11 is 3.44. The van der Waals surface area contributed by atoms with Crippen LogP contribution in [0.5, 0.6) is 5.88 Å². The van der Waals surface area contributed by atoms with E-state index in [1.807, 2.05) is 0 Å². The van der Waals surface area contributed by atoms with E-state index in [9.17, 15) is 0 Å². The number of ether oxygens (including phenoxy) is 1. The Bertz CT molecular complexity index is 322. The molecule has 0 aliphatic carbocycles. The van der Waals surface area contributed by atoms with Crippen molar-refractivity contribution in [2.75, 3.05) is 29.9 Å². The third kappa shape index (κ3) is 4.89. The van der Waals surface area contributed by atoms with Crippen LogP contribution in [0.1, 0.15) is 26.7 Å². The van der Waals surface area contributed by atoms with E-state index in [1.165, 1.54) is 0 Å². The summed E-state index contributed by atoms with van der Waals surface area (Å²) in [5, 5.41) is 1.00. The molecule has 0 bridgehead atoms. The molecule has 0 unspecified atom stereocenters. The Morgan fingerprint density at radius 2 is 2.18 bits per heavy atom. The van der Waals surface area contributed by atoms with E-state index in [4.69, 9.17) is 4.74 Å². The first-order chi connectivity index (χ1) is 8.31. The molecule has 0 aliphatic rings. The molecule has 0 aromatic carbocycles. The molecule has 1 aromatic rings. The van der Waals surface area contributed by atoms with Crippen LogP contribution < -0.4 is 9.64 Å². The number of anilines is 1. The molecule has 1 heterocycles. The Morgan fingerprint density at radius 1 is 1.35 bits per heavy atom. The molecule has 17 heavy (non-hydrogen) atoms. The third-order valence-electron chi connectivity index (χ3n) is 2.32. The molecule has 96 valence electrons. The molecule has 1 aromatic heterocycles. The van der Waals surface area contributed by atoms with Crippen LogP contribution in [-0.4, -0.2) is 35.0 Å². The van der Waals surface area contributed by atoms with Gasteiger partial charge in [0.1, 0.15) is 0 Å². The van der Waals surface area contributed by atoms with Crippen molar-refractivity contribution in [3.05, 3.63) is 12.4 Å². The van der Waals surface area contributed by atoms with E-state index < -0.39 is 0 Å². The van der Waals surface area contributed by atoms with Gasteiger partial charge in [-0.2, -0.15) is 4.98 Å². The Hall–Kier alpha value is -0.840. The smallest absolute Gasteiger partial charge is 0.234 e. The number of rotatable bonds is 8. The average molecular weight is 302 g/mol. The molecule has 5 heteroatoms. The largest absolute Gasteiger partial charge is 0.477 e. The van der Waals surface area contributed by atoms with Gasteiger partial charge in [0, 0.05) is 18.4 Å². The summed E-state index contributed by atoms with van der Waals surface area (Å²) < 4.78 is 5.49. The first kappa shape index (κ1) is 14.2. The fourth-order valence-corrected chi connectivity index (χ4v) is 1.70. The second-order valence-electron chi connectivity index (χ2n) is 3.69.